The minimum Gasteiger partial charge on any atom is -0.466 e. The highest BCUT2D eigenvalue weighted by atomic mass is 16.5. The van der Waals surface area contributed by atoms with Gasteiger partial charge in [0, 0.05) is 19.4 Å². The molecule has 6 nitrogen and oxygen atoms in total. The summed E-state index contributed by atoms with van der Waals surface area (Å²) in [5.74, 6) is 1.56. The Morgan fingerprint density at radius 2 is 0.783 bits per heavy atom. The van der Waals surface area contributed by atoms with E-state index in [0.717, 1.165) is 95.7 Å². The van der Waals surface area contributed by atoms with Gasteiger partial charge in [0.1, 0.15) is 0 Å². The number of aliphatic hydroxyl groups is 1. The molecule has 0 aliphatic carbocycles. The summed E-state index contributed by atoms with van der Waals surface area (Å²) in [4.78, 5) is 26.3. The first-order chi connectivity index (χ1) is 22.3. The number of ether oxygens (including phenoxy) is 2. The Hall–Kier alpha value is -1.14. The Labute approximate surface area is 286 Å². The largest absolute Gasteiger partial charge is 0.466 e. The van der Waals surface area contributed by atoms with E-state index in [1.165, 1.54) is 89.9 Å². The third kappa shape index (κ3) is 35.7. The summed E-state index contributed by atoms with van der Waals surface area (Å²) in [5.41, 5.74) is 0. The maximum Gasteiger partial charge on any atom is 0.305 e. The number of esters is 2. The maximum absolute atomic E-state index is 12.0. The quantitative estimate of drug-likeness (QED) is 0.0536. The van der Waals surface area contributed by atoms with E-state index in [1.54, 1.807) is 0 Å². The molecule has 0 aromatic carbocycles. The first-order valence-corrected chi connectivity index (χ1v) is 20.0. The summed E-state index contributed by atoms with van der Waals surface area (Å²) in [6, 6.07) is 0. The molecule has 0 saturated heterocycles. The number of hydrogen-bond acceptors (Lipinski definition) is 6. The van der Waals surface area contributed by atoms with E-state index < -0.39 is 0 Å². The average molecular weight is 654 g/mol. The van der Waals surface area contributed by atoms with E-state index in [1.807, 2.05) is 0 Å². The molecule has 0 aromatic rings. The molecule has 0 aliphatic rings. The van der Waals surface area contributed by atoms with Crippen molar-refractivity contribution in [2.45, 2.75) is 195 Å². The smallest absolute Gasteiger partial charge is 0.305 e. The molecule has 0 aliphatic heterocycles. The van der Waals surface area contributed by atoms with E-state index in [-0.39, 0.29) is 18.5 Å². The van der Waals surface area contributed by atoms with Gasteiger partial charge in [0.25, 0.3) is 0 Å². The zero-order chi connectivity index (χ0) is 33.9. The zero-order valence-corrected chi connectivity index (χ0v) is 31.3. The van der Waals surface area contributed by atoms with Crippen LogP contribution in [-0.4, -0.2) is 61.4 Å². The molecule has 0 bridgehead atoms. The molecule has 0 unspecified atom stereocenters. The molecule has 1 N–H and O–H groups in total. The van der Waals surface area contributed by atoms with Crippen LogP contribution < -0.4 is 0 Å². The van der Waals surface area contributed by atoms with Crippen LogP contribution in [0.15, 0.2) is 0 Å². The van der Waals surface area contributed by atoms with Gasteiger partial charge in [-0.2, -0.15) is 0 Å². The highest BCUT2D eigenvalue weighted by Gasteiger charge is 2.07. The third-order valence-corrected chi connectivity index (χ3v) is 9.00. The molecular formula is C40H79NO5. The summed E-state index contributed by atoms with van der Waals surface area (Å²) >= 11 is 0. The van der Waals surface area contributed by atoms with Crippen molar-refractivity contribution in [2.75, 3.05) is 39.5 Å². The molecule has 0 fully saturated rings. The fourth-order valence-corrected chi connectivity index (χ4v) is 5.99. The second-order valence-corrected chi connectivity index (χ2v) is 14.6. The van der Waals surface area contributed by atoms with Gasteiger partial charge in [-0.3, -0.25) is 9.59 Å². The summed E-state index contributed by atoms with van der Waals surface area (Å²) in [6.07, 6.45) is 29.5. The first-order valence-electron chi connectivity index (χ1n) is 20.0. The Kier molecular flexibility index (Phi) is 34.3. The average Bonchev–Trinajstić information content (AvgIpc) is 3.01. The van der Waals surface area contributed by atoms with Crippen LogP contribution >= 0.6 is 0 Å². The van der Waals surface area contributed by atoms with Crippen LogP contribution in [0, 0.1) is 11.8 Å². The molecule has 0 spiro atoms. The Balaban J connectivity index is 3.54. The number of hydrogen-bond donors (Lipinski definition) is 1. The molecule has 0 radical (unpaired) electrons. The van der Waals surface area contributed by atoms with Crippen molar-refractivity contribution in [3.8, 4) is 0 Å². The van der Waals surface area contributed by atoms with Crippen molar-refractivity contribution in [1.82, 2.24) is 4.90 Å². The third-order valence-electron chi connectivity index (χ3n) is 9.00. The van der Waals surface area contributed by atoms with Crippen LogP contribution in [0.2, 0.25) is 0 Å². The van der Waals surface area contributed by atoms with E-state index in [2.05, 4.69) is 32.6 Å². The van der Waals surface area contributed by atoms with Crippen LogP contribution in [0.5, 0.6) is 0 Å². The summed E-state index contributed by atoms with van der Waals surface area (Å²) < 4.78 is 10.8. The van der Waals surface area contributed by atoms with Crippen LogP contribution in [0.3, 0.4) is 0 Å². The van der Waals surface area contributed by atoms with E-state index >= 15 is 0 Å². The van der Waals surface area contributed by atoms with Crippen LogP contribution in [0.1, 0.15) is 195 Å². The Bertz CT molecular complexity index is 602. The monoisotopic (exact) mass is 654 g/mol. The lowest BCUT2D eigenvalue weighted by Gasteiger charge is -2.21. The molecule has 0 saturated carbocycles. The normalized spacial score (nSPS) is 11.7. The molecule has 0 heterocycles. The number of carbonyl (C=O) groups excluding carboxylic acids is 2. The van der Waals surface area contributed by atoms with Gasteiger partial charge in [-0.05, 0) is 63.5 Å². The summed E-state index contributed by atoms with van der Waals surface area (Å²) in [6.45, 7) is 13.3. The molecule has 0 amide bonds. The first kappa shape index (κ1) is 44.9. The predicted molar refractivity (Wildman–Crippen MR) is 195 cm³/mol. The number of rotatable bonds is 36. The second-order valence-electron chi connectivity index (χ2n) is 14.6. The summed E-state index contributed by atoms with van der Waals surface area (Å²) in [7, 11) is 0. The molecule has 6 heteroatoms. The van der Waals surface area contributed by atoms with Crippen LogP contribution in [0.25, 0.3) is 0 Å². The lowest BCUT2D eigenvalue weighted by Crippen LogP contribution is -2.29. The second kappa shape index (κ2) is 35.2. The van der Waals surface area contributed by atoms with Crippen molar-refractivity contribution in [3.05, 3.63) is 0 Å². The van der Waals surface area contributed by atoms with Gasteiger partial charge in [-0.15, -0.1) is 0 Å². The molecular weight excluding hydrogens is 574 g/mol. The zero-order valence-electron chi connectivity index (χ0n) is 31.3. The van der Waals surface area contributed by atoms with E-state index in [9.17, 15) is 14.7 Å². The standard InChI is InChI=1S/C40H79NO5/c1-37(2)27-19-11-5-7-17-25-35-45-39(43)29-21-13-9-15-23-31-41(33-34-42)32-24-16-10-14-22-30-40(44)46-36-26-18-8-6-12-20-28-38(3)4/h37-38,42H,5-36H2,1-4H3. The number of carbonyl (C=O) groups is 2. The van der Waals surface area contributed by atoms with Crippen molar-refractivity contribution in [3.63, 3.8) is 0 Å². The van der Waals surface area contributed by atoms with Crippen molar-refractivity contribution < 1.29 is 24.2 Å². The molecule has 0 atom stereocenters. The molecule has 0 aromatic heterocycles. The number of unbranched alkanes of at least 4 members (excludes halogenated alkanes) is 18. The minimum atomic E-state index is -0.0325. The topological polar surface area (TPSA) is 76.1 Å². The number of nitrogens with zero attached hydrogens (tertiary/aromatic N) is 1. The molecule has 46 heavy (non-hydrogen) atoms. The minimum absolute atomic E-state index is 0.0325. The van der Waals surface area contributed by atoms with Gasteiger partial charge in [0.2, 0.25) is 0 Å². The van der Waals surface area contributed by atoms with Crippen molar-refractivity contribution in [1.29, 1.82) is 0 Å². The Morgan fingerprint density at radius 1 is 0.457 bits per heavy atom. The Morgan fingerprint density at radius 3 is 1.15 bits per heavy atom. The fraction of sp³-hybridized carbons (Fsp3) is 0.950. The lowest BCUT2D eigenvalue weighted by atomic mass is 10.0. The van der Waals surface area contributed by atoms with Gasteiger partial charge in [-0.25, -0.2) is 0 Å². The van der Waals surface area contributed by atoms with Gasteiger partial charge in [-0.1, -0.05) is 143 Å². The van der Waals surface area contributed by atoms with Gasteiger partial charge >= 0.3 is 11.9 Å². The highest BCUT2D eigenvalue weighted by Crippen LogP contribution is 2.14. The van der Waals surface area contributed by atoms with Crippen LogP contribution in [0.4, 0.5) is 0 Å². The highest BCUT2D eigenvalue weighted by molar-refractivity contribution is 5.69. The van der Waals surface area contributed by atoms with Crippen molar-refractivity contribution >= 4 is 11.9 Å². The van der Waals surface area contributed by atoms with Crippen molar-refractivity contribution in [2.24, 2.45) is 11.8 Å². The van der Waals surface area contributed by atoms with Gasteiger partial charge in [0.05, 0.1) is 19.8 Å². The van der Waals surface area contributed by atoms with Crippen LogP contribution in [-0.2, 0) is 19.1 Å². The summed E-state index contributed by atoms with van der Waals surface area (Å²) in [5, 5.41) is 9.46. The predicted octanol–water partition coefficient (Wildman–Crippen LogP) is 10.8. The van der Waals surface area contributed by atoms with Gasteiger partial charge < -0.3 is 19.5 Å². The SMILES string of the molecule is CC(C)CCCCCCCCOC(=O)CCCCCCCN(CCO)CCCCCCCC(=O)OCCCCCCCCC(C)C. The molecule has 0 rings (SSSR count). The number of aliphatic hydroxyl groups excluding tert-OH is 1. The maximum atomic E-state index is 12.0. The fourth-order valence-electron chi connectivity index (χ4n) is 5.99. The van der Waals surface area contributed by atoms with Gasteiger partial charge in [0.15, 0.2) is 0 Å². The van der Waals surface area contributed by atoms with E-state index in [0.29, 0.717) is 26.1 Å². The lowest BCUT2D eigenvalue weighted by molar-refractivity contribution is -0.144. The molecule has 274 valence electrons. The van der Waals surface area contributed by atoms with E-state index in [4.69, 9.17) is 9.47 Å².